The lowest BCUT2D eigenvalue weighted by molar-refractivity contribution is -0.132. The highest BCUT2D eigenvalue weighted by molar-refractivity contribution is 5.89. The second-order valence-corrected chi connectivity index (χ2v) is 12.6. The zero-order valence-corrected chi connectivity index (χ0v) is 24.9. The van der Waals surface area contributed by atoms with Gasteiger partial charge in [-0.3, -0.25) is 9.59 Å². The molecule has 0 radical (unpaired) electrons. The average Bonchev–Trinajstić information content (AvgIpc) is 2.78. The van der Waals surface area contributed by atoms with E-state index in [0.717, 1.165) is 12.0 Å². The normalized spacial score (nSPS) is 14.4. The van der Waals surface area contributed by atoms with Gasteiger partial charge in [-0.05, 0) is 57.6 Å². The summed E-state index contributed by atoms with van der Waals surface area (Å²) in [6.07, 6.45) is 0.114. The van der Waals surface area contributed by atoms with Gasteiger partial charge in [0, 0.05) is 12.1 Å². The molecule has 1 aromatic carbocycles. The van der Waals surface area contributed by atoms with Crippen molar-refractivity contribution in [3.05, 3.63) is 35.9 Å². The second-order valence-electron chi connectivity index (χ2n) is 12.6. The molecular weight excluding hydrogens is 482 g/mol. The van der Waals surface area contributed by atoms with Crippen molar-refractivity contribution >= 4 is 17.8 Å². The fourth-order valence-electron chi connectivity index (χ4n) is 3.91. The van der Waals surface area contributed by atoms with E-state index in [2.05, 4.69) is 35.1 Å². The molecule has 0 aliphatic rings. The fraction of sp³-hybridized carbons (Fsp3) is 0.690. The van der Waals surface area contributed by atoms with Gasteiger partial charge in [-0.25, -0.2) is 4.79 Å². The number of amides is 4. The van der Waals surface area contributed by atoms with Crippen LogP contribution in [-0.4, -0.2) is 78.3 Å². The van der Waals surface area contributed by atoms with Crippen LogP contribution in [-0.2, 0) is 16.0 Å². The first kappa shape index (κ1) is 33.4. The summed E-state index contributed by atoms with van der Waals surface area (Å²) in [6.45, 7) is 16.2. The number of carbonyl (C=O) groups excluding carboxylic acids is 3. The van der Waals surface area contributed by atoms with Crippen molar-refractivity contribution in [1.29, 1.82) is 0 Å². The van der Waals surface area contributed by atoms with Crippen molar-refractivity contribution in [3.63, 3.8) is 0 Å². The van der Waals surface area contributed by atoms with Crippen LogP contribution < -0.4 is 21.3 Å². The summed E-state index contributed by atoms with van der Waals surface area (Å²) in [5.74, 6) is -0.290. The average molecular weight is 534 g/mol. The molecule has 3 atom stereocenters. The minimum atomic E-state index is -1.04. The molecular formula is C29H51N5O4. The minimum absolute atomic E-state index is 0.0543. The maximum Gasteiger partial charge on any atom is 0.317 e. The summed E-state index contributed by atoms with van der Waals surface area (Å²) < 4.78 is 0. The van der Waals surface area contributed by atoms with Crippen LogP contribution in [0.25, 0.3) is 0 Å². The summed E-state index contributed by atoms with van der Waals surface area (Å²) in [4.78, 5) is 40.5. The molecule has 1 rings (SSSR count). The summed E-state index contributed by atoms with van der Waals surface area (Å²) in [5.41, 5.74) is -0.0522. The molecule has 216 valence electrons. The van der Waals surface area contributed by atoms with Crippen LogP contribution in [0.4, 0.5) is 4.79 Å². The van der Waals surface area contributed by atoms with Crippen molar-refractivity contribution in [2.45, 2.75) is 92.0 Å². The number of rotatable bonds is 13. The maximum absolute atomic E-state index is 13.5. The zero-order valence-electron chi connectivity index (χ0n) is 24.9. The second kappa shape index (κ2) is 15.1. The Morgan fingerprint density at radius 1 is 0.974 bits per heavy atom. The Bertz CT molecular complexity index is 877. The van der Waals surface area contributed by atoms with Gasteiger partial charge in [0.1, 0.15) is 6.04 Å². The summed E-state index contributed by atoms with van der Waals surface area (Å²) in [7, 11) is 1.67. The van der Waals surface area contributed by atoms with Gasteiger partial charge in [0.25, 0.3) is 0 Å². The maximum atomic E-state index is 13.5. The fourth-order valence-corrected chi connectivity index (χ4v) is 3.91. The lowest BCUT2D eigenvalue weighted by Crippen LogP contribution is -2.60. The lowest BCUT2D eigenvalue weighted by atomic mass is 9.85. The van der Waals surface area contributed by atoms with Crippen LogP contribution in [0.3, 0.4) is 0 Å². The van der Waals surface area contributed by atoms with E-state index in [4.69, 9.17) is 0 Å². The van der Waals surface area contributed by atoms with E-state index in [0.29, 0.717) is 18.9 Å². The van der Waals surface area contributed by atoms with Crippen LogP contribution >= 0.6 is 0 Å². The van der Waals surface area contributed by atoms with Gasteiger partial charge in [0.2, 0.25) is 11.8 Å². The Morgan fingerprint density at radius 3 is 2.08 bits per heavy atom. The number of hydrogen-bond donors (Lipinski definition) is 5. The van der Waals surface area contributed by atoms with E-state index in [9.17, 15) is 19.5 Å². The predicted molar refractivity (Wildman–Crippen MR) is 153 cm³/mol. The standard InChI is InChI=1S/C29H51N5O4/c1-20(2)15-16-34(27(38)33-29(6,7)8)19-23(35)22(17-21-13-11-10-12-14-21)31-26(37)25(28(3,4)5)32-24(36)18-30-9/h10-14,20,22-23,25,30,35H,15-19H2,1-9H3,(H,31,37)(H,32,36)(H,33,38)/t22?,23?,25-/m1/s1. The first-order chi connectivity index (χ1) is 17.5. The van der Waals surface area contributed by atoms with Gasteiger partial charge in [0.15, 0.2) is 0 Å². The molecule has 0 aromatic heterocycles. The predicted octanol–water partition coefficient (Wildman–Crippen LogP) is 2.68. The number of aliphatic hydroxyl groups is 1. The van der Waals surface area contributed by atoms with Gasteiger partial charge in [-0.15, -0.1) is 0 Å². The van der Waals surface area contributed by atoms with Crippen molar-refractivity contribution in [2.24, 2.45) is 11.3 Å². The molecule has 9 nitrogen and oxygen atoms in total. The van der Waals surface area contributed by atoms with Gasteiger partial charge in [-0.1, -0.05) is 65.0 Å². The van der Waals surface area contributed by atoms with Gasteiger partial charge in [-0.2, -0.15) is 0 Å². The molecule has 0 bridgehead atoms. The molecule has 1 aromatic rings. The van der Waals surface area contributed by atoms with Crippen LogP contribution in [0.1, 0.15) is 67.4 Å². The third-order valence-electron chi connectivity index (χ3n) is 6.01. The highest BCUT2D eigenvalue weighted by atomic mass is 16.3. The first-order valence-corrected chi connectivity index (χ1v) is 13.6. The van der Waals surface area contributed by atoms with E-state index in [1.165, 1.54) is 0 Å². The molecule has 0 saturated heterocycles. The summed E-state index contributed by atoms with van der Waals surface area (Å²) >= 11 is 0. The Morgan fingerprint density at radius 2 is 1.58 bits per heavy atom. The van der Waals surface area contributed by atoms with E-state index in [-0.39, 0.29) is 30.9 Å². The molecule has 0 spiro atoms. The van der Waals surface area contributed by atoms with E-state index in [1.807, 2.05) is 71.9 Å². The highest BCUT2D eigenvalue weighted by Crippen LogP contribution is 2.20. The SMILES string of the molecule is CNCC(=O)N[C@H](C(=O)NC(Cc1ccccc1)C(O)CN(CCC(C)C)C(=O)NC(C)(C)C)C(C)(C)C. The topological polar surface area (TPSA) is 123 Å². The molecule has 5 N–H and O–H groups in total. The van der Waals surface area contributed by atoms with Gasteiger partial charge >= 0.3 is 6.03 Å². The van der Waals surface area contributed by atoms with E-state index in [1.54, 1.807) is 11.9 Å². The van der Waals surface area contributed by atoms with Crippen molar-refractivity contribution in [3.8, 4) is 0 Å². The van der Waals surface area contributed by atoms with Crippen molar-refractivity contribution in [2.75, 3.05) is 26.7 Å². The van der Waals surface area contributed by atoms with E-state index < -0.39 is 29.1 Å². The third-order valence-corrected chi connectivity index (χ3v) is 6.01. The van der Waals surface area contributed by atoms with Crippen molar-refractivity contribution in [1.82, 2.24) is 26.2 Å². The molecule has 38 heavy (non-hydrogen) atoms. The van der Waals surface area contributed by atoms with E-state index >= 15 is 0 Å². The lowest BCUT2D eigenvalue weighted by Gasteiger charge is -2.35. The van der Waals surface area contributed by atoms with Gasteiger partial charge in [0.05, 0.1) is 25.2 Å². The summed E-state index contributed by atoms with van der Waals surface area (Å²) in [6, 6.07) is 7.84. The Kier molecular flexibility index (Phi) is 13.2. The molecule has 0 saturated carbocycles. The molecule has 2 unspecified atom stereocenters. The quantitative estimate of drug-likeness (QED) is 0.267. The minimum Gasteiger partial charge on any atom is -0.389 e. The monoisotopic (exact) mass is 533 g/mol. The molecule has 0 fully saturated rings. The Balaban J connectivity index is 3.22. The number of nitrogens with zero attached hydrogens (tertiary/aromatic N) is 1. The number of carbonyl (C=O) groups is 3. The number of likely N-dealkylation sites (N-methyl/N-ethyl adjacent to an activating group) is 1. The number of aliphatic hydroxyl groups excluding tert-OH is 1. The van der Waals surface area contributed by atoms with Crippen LogP contribution in [0.2, 0.25) is 0 Å². The third kappa shape index (κ3) is 12.7. The van der Waals surface area contributed by atoms with Crippen LogP contribution in [0, 0.1) is 11.3 Å². The molecule has 0 heterocycles. The highest BCUT2D eigenvalue weighted by Gasteiger charge is 2.35. The largest absolute Gasteiger partial charge is 0.389 e. The summed E-state index contributed by atoms with van der Waals surface area (Å²) in [5, 5.41) is 23.0. The number of benzene rings is 1. The zero-order chi connectivity index (χ0) is 29.1. The smallest absolute Gasteiger partial charge is 0.317 e. The van der Waals surface area contributed by atoms with Gasteiger partial charge < -0.3 is 31.3 Å². The van der Waals surface area contributed by atoms with Crippen LogP contribution in [0.15, 0.2) is 30.3 Å². The Hall–Kier alpha value is -2.65. The van der Waals surface area contributed by atoms with Crippen LogP contribution in [0.5, 0.6) is 0 Å². The molecule has 9 heteroatoms. The molecule has 0 aliphatic carbocycles. The molecule has 4 amide bonds. The molecule has 0 aliphatic heterocycles. The Labute approximate surface area is 229 Å². The first-order valence-electron chi connectivity index (χ1n) is 13.6. The number of nitrogens with one attached hydrogen (secondary N) is 4. The number of urea groups is 1. The number of hydrogen-bond acceptors (Lipinski definition) is 5. The van der Waals surface area contributed by atoms with Crippen molar-refractivity contribution < 1.29 is 19.5 Å².